The quantitative estimate of drug-likeness (QED) is 0.942. The van der Waals surface area contributed by atoms with Crippen molar-refractivity contribution >= 4 is 12.4 Å². The summed E-state index contributed by atoms with van der Waals surface area (Å²) in [7, 11) is 1.65. The zero-order valence-corrected chi connectivity index (χ0v) is 13.1. The Balaban J connectivity index is 0.00000161. The first kappa shape index (κ1) is 15.8. The van der Waals surface area contributed by atoms with E-state index in [-0.39, 0.29) is 12.4 Å². The van der Waals surface area contributed by atoms with E-state index >= 15 is 0 Å². The van der Waals surface area contributed by atoms with Crippen molar-refractivity contribution < 1.29 is 9.26 Å². The summed E-state index contributed by atoms with van der Waals surface area (Å²) in [4.78, 5) is 4.48. The Morgan fingerprint density at radius 1 is 1.29 bits per heavy atom. The number of benzene rings is 1. The number of nitrogens with zero attached hydrogens (tertiary/aromatic N) is 2. The number of rotatable bonds is 3. The molecule has 1 aromatic heterocycles. The lowest BCUT2D eigenvalue weighted by Gasteiger charge is -2.17. The number of aryl methyl sites for hydroxylation is 1. The monoisotopic (exact) mass is 309 g/mol. The number of methoxy groups -OCH3 is 1. The normalized spacial score (nSPS) is 16.5. The first-order chi connectivity index (χ1) is 9.62. The lowest BCUT2D eigenvalue weighted by Crippen LogP contribution is -2.34. The van der Waals surface area contributed by atoms with Gasteiger partial charge in [-0.05, 0) is 37.5 Å². The maximum absolute atomic E-state index is 6.34. The number of hydrogen-bond acceptors (Lipinski definition) is 5. The van der Waals surface area contributed by atoms with Crippen LogP contribution in [0.1, 0.15) is 37.1 Å². The van der Waals surface area contributed by atoms with Crippen molar-refractivity contribution in [3.8, 4) is 17.2 Å². The number of aromatic nitrogens is 2. The van der Waals surface area contributed by atoms with E-state index in [0.717, 1.165) is 42.6 Å². The summed E-state index contributed by atoms with van der Waals surface area (Å²) < 4.78 is 10.7. The number of ether oxygens (including phenoxy) is 1. The predicted molar refractivity (Wildman–Crippen MR) is 82.6 cm³/mol. The maximum atomic E-state index is 6.34. The van der Waals surface area contributed by atoms with E-state index in [1.165, 1.54) is 0 Å². The molecule has 0 spiro atoms. The fourth-order valence-electron chi connectivity index (χ4n) is 2.73. The molecule has 0 radical (unpaired) electrons. The van der Waals surface area contributed by atoms with Gasteiger partial charge in [-0.1, -0.05) is 24.1 Å². The third-order valence-corrected chi connectivity index (χ3v) is 4.02. The average Bonchev–Trinajstić information content (AvgIpc) is 3.09. The summed E-state index contributed by atoms with van der Waals surface area (Å²) in [5, 5.41) is 4.07. The summed E-state index contributed by atoms with van der Waals surface area (Å²) >= 11 is 0. The number of hydrogen-bond donors (Lipinski definition) is 1. The van der Waals surface area contributed by atoms with Gasteiger partial charge in [0, 0.05) is 5.56 Å². The third kappa shape index (κ3) is 2.89. The van der Waals surface area contributed by atoms with Gasteiger partial charge in [0.1, 0.15) is 5.75 Å². The molecule has 2 N–H and O–H groups in total. The Bertz CT molecular complexity index is 621. The van der Waals surface area contributed by atoms with Gasteiger partial charge in [0.2, 0.25) is 0 Å². The van der Waals surface area contributed by atoms with Crippen LogP contribution < -0.4 is 10.5 Å². The summed E-state index contributed by atoms with van der Waals surface area (Å²) in [6.45, 7) is 2.00. The molecule has 0 amide bonds. The number of nitrogens with two attached hydrogens (primary N) is 1. The van der Waals surface area contributed by atoms with Crippen molar-refractivity contribution in [2.75, 3.05) is 7.11 Å². The Morgan fingerprint density at radius 3 is 2.67 bits per heavy atom. The maximum Gasteiger partial charge on any atom is 0.258 e. The second kappa shape index (κ2) is 6.03. The zero-order chi connectivity index (χ0) is 14.2. The lowest BCUT2D eigenvalue weighted by atomic mass is 9.98. The van der Waals surface area contributed by atoms with Crippen LogP contribution >= 0.6 is 12.4 Å². The van der Waals surface area contributed by atoms with Gasteiger partial charge in [-0.25, -0.2) is 0 Å². The van der Waals surface area contributed by atoms with Gasteiger partial charge in [0.05, 0.1) is 12.6 Å². The molecule has 0 saturated heterocycles. The fraction of sp³-hybridized carbons (Fsp3) is 0.467. The van der Waals surface area contributed by atoms with Crippen LogP contribution in [0.5, 0.6) is 5.75 Å². The molecule has 1 aliphatic carbocycles. The molecule has 0 unspecified atom stereocenters. The van der Waals surface area contributed by atoms with Crippen molar-refractivity contribution in [3.05, 3.63) is 29.6 Å². The van der Waals surface area contributed by atoms with Gasteiger partial charge in [-0.3, -0.25) is 0 Å². The minimum Gasteiger partial charge on any atom is -0.496 e. The second-order valence-electron chi connectivity index (χ2n) is 5.47. The highest BCUT2D eigenvalue weighted by molar-refractivity contribution is 5.85. The Hall–Kier alpha value is -1.59. The van der Waals surface area contributed by atoms with Crippen molar-refractivity contribution in [1.29, 1.82) is 0 Å². The van der Waals surface area contributed by atoms with Crippen LogP contribution in [-0.4, -0.2) is 17.3 Å². The Labute approximate surface area is 130 Å². The van der Waals surface area contributed by atoms with Crippen molar-refractivity contribution in [1.82, 2.24) is 10.1 Å². The minimum absolute atomic E-state index is 0. The lowest BCUT2D eigenvalue weighted by molar-refractivity contribution is 0.372. The molecule has 114 valence electrons. The fourth-order valence-corrected chi connectivity index (χ4v) is 2.73. The van der Waals surface area contributed by atoms with Gasteiger partial charge >= 0.3 is 0 Å². The van der Waals surface area contributed by atoms with Gasteiger partial charge < -0.3 is 15.0 Å². The molecular weight excluding hydrogens is 290 g/mol. The van der Waals surface area contributed by atoms with Crippen molar-refractivity contribution in [2.45, 2.75) is 38.1 Å². The highest BCUT2D eigenvalue weighted by atomic mass is 35.5. The Kier molecular flexibility index (Phi) is 4.54. The van der Waals surface area contributed by atoms with Crippen LogP contribution in [0, 0.1) is 6.92 Å². The van der Waals surface area contributed by atoms with Crippen LogP contribution in [0.25, 0.3) is 11.5 Å². The SMILES string of the molecule is COc1cc(-c2nc(C3(N)CCCC3)no2)ccc1C.Cl. The minimum atomic E-state index is -0.420. The second-order valence-corrected chi connectivity index (χ2v) is 5.47. The number of halogens is 1. The molecule has 0 aliphatic heterocycles. The molecule has 5 nitrogen and oxygen atoms in total. The molecule has 1 aromatic carbocycles. The molecular formula is C15H20ClN3O2. The first-order valence-electron chi connectivity index (χ1n) is 6.90. The molecule has 0 atom stereocenters. The van der Waals surface area contributed by atoms with E-state index in [0.29, 0.717) is 11.7 Å². The summed E-state index contributed by atoms with van der Waals surface area (Å²) in [6, 6.07) is 5.84. The Morgan fingerprint density at radius 2 is 2.00 bits per heavy atom. The first-order valence-corrected chi connectivity index (χ1v) is 6.90. The largest absolute Gasteiger partial charge is 0.496 e. The van der Waals surface area contributed by atoms with Crippen LogP contribution in [0.15, 0.2) is 22.7 Å². The van der Waals surface area contributed by atoms with Gasteiger partial charge in [-0.15, -0.1) is 12.4 Å². The summed E-state index contributed by atoms with van der Waals surface area (Å²) in [5.74, 6) is 1.92. The zero-order valence-electron chi connectivity index (χ0n) is 12.3. The average molecular weight is 310 g/mol. The molecule has 1 fully saturated rings. The molecule has 1 aliphatic rings. The van der Waals surface area contributed by atoms with E-state index in [4.69, 9.17) is 15.0 Å². The van der Waals surface area contributed by atoms with E-state index in [9.17, 15) is 0 Å². The van der Waals surface area contributed by atoms with Crippen LogP contribution in [0.4, 0.5) is 0 Å². The molecule has 6 heteroatoms. The highest BCUT2D eigenvalue weighted by Gasteiger charge is 2.36. The molecule has 2 aromatic rings. The van der Waals surface area contributed by atoms with Crippen molar-refractivity contribution in [2.24, 2.45) is 5.73 Å². The standard InChI is InChI=1S/C15H19N3O2.ClH/c1-10-5-6-11(9-12(10)19-2)13-17-14(18-20-13)15(16)7-3-4-8-15;/h5-6,9H,3-4,7-8,16H2,1-2H3;1H. The third-order valence-electron chi connectivity index (χ3n) is 4.02. The van der Waals surface area contributed by atoms with Gasteiger partial charge in [0.15, 0.2) is 5.82 Å². The summed E-state index contributed by atoms with van der Waals surface area (Å²) in [5.41, 5.74) is 7.85. The predicted octanol–water partition coefficient (Wildman–Crippen LogP) is 3.20. The van der Waals surface area contributed by atoms with Gasteiger partial charge in [-0.2, -0.15) is 4.98 Å². The van der Waals surface area contributed by atoms with Crippen LogP contribution in [0.3, 0.4) is 0 Å². The van der Waals surface area contributed by atoms with Crippen LogP contribution in [-0.2, 0) is 5.54 Å². The van der Waals surface area contributed by atoms with E-state index in [2.05, 4.69) is 10.1 Å². The topological polar surface area (TPSA) is 74.2 Å². The highest BCUT2D eigenvalue weighted by Crippen LogP contribution is 2.35. The van der Waals surface area contributed by atoms with E-state index < -0.39 is 5.54 Å². The molecule has 21 heavy (non-hydrogen) atoms. The summed E-state index contributed by atoms with van der Waals surface area (Å²) in [6.07, 6.45) is 4.09. The molecule has 0 bridgehead atoms. The molecule has 3 rings (SSSR count). The molecule has 1 saturated carbocycles. The smallest absolute Gasteiger partial charge is 0.258 e. The van der Waals surface area contributed by atoms with E-state index in [1.807, 2.05) is 25.1 Å². The molecule has 1 heterocycles. The van der Waals surface area contributed by atoms with E-state index in [1.54, 1.807) is 7.11 Å². The van der Waals surface area contributed by atoms with Crippen molar-refractivity contribution in [3.63, 3.8) is 0 Å². The van der Waals surface area contributed by atoms with Gasteiger partial charge in [0.25, 0.3) is 5.89 Å². The van der Waals surface area contributed by atoms with Crippen LogP contribution in [0.2, 0.25) is 0 Å².